The molecular weight excluding hydrogens is 220 g/mol. The third-order valence-corrected chi connectivity index (χ3v) is 3.33. The van der Waals surface area contributed by atoms with Crippen LogP contribution in [0.3, 0.4) is 0 Å². The molecule has 1 aliphatic heterocycles. The lowest BCUT2D eigenvalue weighted by Gasteiger charge is -2.04. The van der Waals surface area contributed by atoms with E-state index in [1.54, 1.807) is 0 Å². The van der Waals surface area contributed by atoms with Crippen LogP contribution in [0.5, 0.6) is 0 Å². The van der Waals surface area contributed by atoms with Crippen LogP contribution in [0, 0.1) is 0 Å². The Morgan fingerprint density at radius 3 is 2.83 bits per heavy atom. The molecule has 2 aromatic rings. The van der Waals surface area contributed by atoms with Crippen molar-refractivity contribution in [2.45, 2.75) is 26.2 Å². The topological polar surface area (TPSA) is 25.2 Å². The molecule has 2 heterocycles. The van der Waals surface area contributed by atoms with E-state index in [-0.39, 0.29) is 0 Å². The molecule has 0 atom stereocenters. The lowest BCUT2D eigenvalue weighted by molar-refractivity contribution is 0.948. The first-order valence-corrected chi connectivity index (χ1v) is 6.36. The van der Waals surface area contributed by atoms with Crippen molar-refractivity contribution in [3.05, 3.63) is 59.4 Å². The normalized spacial score (nSPS) is 13.3. The van der Waals surface area contributed by atoms with Gasteiger partial charge in [-0.05, 0) is 48.6 Å². The molecule has 0 fully saturated rings. The zero-order chi connectivity index (χ0) is 12.4. The fourth-order valence-electron chi connectivity index (χ4n) is 2.40. The first-order chi connectivity index (χ1) is 8.81. The number of pyridine rings is 1. The van der Waals surface area contributed by atoms with Gasteiger partial charge >= 0.3 is 0 Å². The number of hydrogen-bond donors (Lipinski definition) is 0. The molecule has 0 spiro atoms. The minimum Gasteiger partial charge on any atom is -0.264 e. The second kappa shape index (κ2) is 4.73. The fraction of sp³-hybridized carbons (Fsp3) is 0.250. The van der Waals surface area contributed by atoms with E-state index in [0.717, 1.165) is 24.9 Å². The van der Waals surface area contributed by atoms with Crippen LogP contribution in [0.25, 0.3) is 0 Å². The Bertz CT molecular complexity index is 585. The zero-order valence-corrected chi connectivity index (χ0v) is 10.6. The summed E-state index contributed by atoms with van der Waals surface area (Å²) in [6.07, 6.45) is 6.89. The standard InChI is InChI=1S/C16H16N2/c1-12-9-15-10-13(6-7-16(15)18-12)4-5-14-3-2-8-17-11-14/h2-3,6-8,10-11H,4-5,9H2,1H3. The summed E-state index contributed by atoms with van der Waals surface area (Å²) in [6, 6.07) is 10.8. The Labute approximate surface area is 107 Å². The largest absolute Gasteiger partial charge is 0.264 e. The molecule has 0 aliphatic carbocycles. The van der Waals surface area contributed by atoms with E-state index in [1.807, 2.05) is 18.5 Å². The van der Waals surface area contributed by atoms with E-state index in [2.05, 4.69) is 41.2 Å². The minimum atomic E-state index is 1.01. The smallest absolute Gasteiger partial charge is 0.0665 e. The molecule has 0 bridgehead atoms. The van der Waals surface area contributed by atoms with Gasteiger partial charge in [0.25, 0.3) is 0 Å². The first kappa shape index (κ1) is 11.1. The summed E-state index contributed by atoms with van der Waals surface area (Å²) >= 11 is 0. The zero-order valence-electron chi connectivity index (χ0n) is 10.6. The van der Waals surface area contributed by atoms with Crippen molar-refractivity contribution in [2.75, 3.05) is 0 Å². The van der Waals surface area contributed by atoms with Crippen LogP contribution in [-0.2, 0) is 19.3 Å². The van der Waals surface area contributed by atoms with Crippen molar-refractivity contribution in [2.24, 2.45) is 4.99 Å². The molecule has 0 unspecified atom stereocenters. The Kier molecular flexibility index (Phi) is 2.93. The summed E-state index contributed by atoms with van der Waals surface area (Å²) in [4.78, 5) is 8.66. The average molecular weight is 236 g/mol. The van der Waals surface area contributed by atoms with Gasteiger partial charge in [-0.1, -0.05) is 18.2 Å². The number of aliphatic imine (C=N–C) groups is 1. The molecule has 1 aromatic heterocycles. The van der Waals surface area contributed by atoms with E-state index >= 15 is 0 Å². The number of fused-ring (bicyclic) bond motifs is 1. The molecule has 2 nitrogen and oxygen atoms in total. The van der Waals surface area contributed by atoms with Gasteiger partial charge in [-0.3, -0.25) is 9.98 Å². The molecule has 2 heteroatoms. The van der Waals surface area contributed by atoms with E-state index in [9.17, 15) is 0 Å². The second-order valence-electron chi connectivity index (χ2n) is 4.85. The highest BCUT2D eigenvalue weighted by molar-refractivity contribution is 5.92. The number of benzene rings is 1. The van der Waals surface area contributed by atoms with Crippen LogP contribution < -0.4 is 0 Å². The number of aryl methyl sites for hydroxylation is 2. The number of nitrogens with zero attached hydrogens (tertiary/aromatic N) is 2. The summed E-state index contributed by atoms with van der Waals surface area (Å²) < 4.78 is 0. The SMILES string of the molecule is CC1=Nc2ccc(CCc3cccnc3)cc2C1. The van der Waals surface area contributed by atoms with Gasteiger partial charge in [0.05, 0.1) is 5.69 Å². The predicted molar refractivity (Wildman–Crippen MR) is 74.6 cm³/mol. The van der Waals surface area contributed by atoms with Crippen molar-refractivity contribution in [1.29, 1.82) is 0 Å². The average Bonchev–Trinajstić information content (AvgIpc) is 2.77. The van der Waals surface area contributed by atoms with Gasteiger partial charge in [0.1, 0.15) is 0 Å². The molecule has 0 radical (unpaired) electrons. The third-order valence-electron chi connectivity index (χ3n) is 3.33. The molecule has 3 rings (SSSR count). The molecule has 1 aromatic carbocycles. The van der Waals surface area contributed by atoms with Gasteiger partial charge in [0, 0.05) is 24.5 Å². The van der Waals surface area contributed by atoms with E-state index in [1.165, 1.54) is 22.4 Å². The summed E-state index contributed by atoms with van der Waals surface area (Å²) in [5, 5.41) is 0. The maximum absolute atomic E-state index is 4.52. The van der Waals surface area contributed by atoms with Crippen LogP contribution in [0.1, 0.15) is 23.6 Å². The molecule has 0 saturated carbocycles. The molecular formula is C16H16N2. The quantitative estimate of drug-likeness (QED) is 0.800. The summed E-state index contributed by atoms with van der Waals surface area (Å²) in [5.74, 6) is 0. The fourth-order valence-corrected chi connectivity index (χ4v) is 2.40. The van der Waals surface area contributed by atoms with Gasteiger partial charge in [-0.15, -0.1) is 0 Å². The second-order valence-corrected chi connectivity index (χ2v) is 4.85. The maximum Gasteiger partial charge on any atom is 0.0665 e. The molecule has 0 saturated heterocycles. The first-order valence-electron chi connectivity index (χ1n) is 6.36. The van der Waals surface area contributed by atoms with E-state index in [4.69, 9.17) is 0 Å². The van der Waals surface area contributed by atoms with Crippen LogP contribution in [0.4, 0.5) is 5.69 Å². The monoisotopic (exact) mass is 236 g/mol. The maximum atomic E-state index is 4.52. The number of aromatic nitrogens is 1. The molecule has 18 heavy (non-hydrogen) atoms. The summed E-state index contributed by atoms with van der Waals surface area (Å²) in [6.45, 7) is 2.09. The molecule has 0 amide bonds. The third kappa shape index (κ3) is 2.33. The molecule has 1 aliphatic rings. The number of hydrogen-bond acceptors (Lipinski definition) is 2. The Hall–Kier alpha value is -1.96. The van der Waals surface area contributed by atoms with Gasteiger partial charge in [-0.2, -0.15) is 0 Å². The van der Waals surface area contributed by atoms with Gasteiger partial charge in [0.15, 0.2) is 0 Å². The van der Waals surface area contributed by atoms with Gasteiger partial charge < -0.3 is 0 Å². The highest BCUT2D eigenvalue weighted by Gasteiger charge is 2.11. The Morgan fingerprint density at radius 2 is 2.00 bits per heavy atom. The van der Waals surface area contributed by atoms with Crippen LogP contribution in [-0.4, -0.2) is 10.7 Å². The van der Waals surface area contributed by atoms with Crippen molar-refractivity contribution in [3.63, 3.8) is 0 Å². The Balaban J connectivity index is 1.71. The van der Waals surface area contributed by atoms with Crippen LogP contribution in [0.15, 0.2) is 47.7 Å². The number of rotatable bonds is 3. The van der Waals surface area contributed by atoms with Crippen molar-refractivity contribution < 1.29 is 0 Å². The lowest BCUT2D eigenvalue weighted by Crippen LogP contribution is -1.94. The van der Waals surface area contributed by atoms with Crippen molar-refractivity contribution in [3.8, 4) is 0 Å². The summed E-state index contributed by atoms with van der Waals surface area (Å²) in [7, 11) is 0. The van der Waals surface area contributed by atoms with E-state index < -0.39 is 0 Å². The van der Waals surface area contributed by atoms with Gasteiger partial charge in [0.2, 0.25) is 0 Å². The van der Waals surface area contributed by atoms with Gasteiger partial charge in [-0.25, -0.2) is 0 Å². The van der Waals surface area contributed by atoms with Crippen LogP contribution in [0.2, 0.25) is 0 Å². The highest BCUT2D eigenvalue weighted by Crippen LogP contribution is 2.27. The summed E-state index contributed by atoms with van der Waals surface area (Å²) in [5.41, 5.74) is 6.43. The van der Waals surface area contributed by atoms with Crippen LogP contribution >= 0.6 is 0 Å². The Morgan fingerprint density at radius 1 is 1.11 bits per heavy atom. The van der Waals surface area contributed by atoms with Crippen molar-refractivity contribution in [1.82, 2.24) is 4.98 Å². The lowest BCUT2D eigenvalue weighted by atomic mass is 10.0. The predicted octanol–water partition coefficient (Wildman–Crippen LogP) is 3.52. The van der Waals surface area contributed by atoms with E-state index in [0.29, 0.717) is 0 Å². The molecule has 90 valence electrons. The van der Waals surface area contributed by atoms with Crippen molar-refractivity contribution >= 4 is 11.4 Å². The highest BCUT2D eigenvalue weighted by atomic mass is 14.8. The molecule has 0 N–H and O–H groups in total. The minimum absolute atomic E-state index is 1.01.